The van der Waals surface area contributed by atoms with Crippen LogP contribution in [0.5, 0.6) is 0 Å². The third kappa shape index (κ3) is 3.22. The van der Waals surface area contributed by atoms with E-state index < -0.39 is 11.9 Å². The molecule has 0 unspecified atom stereocenters. The monoisotopic (exact) mass is 387 g/mol. The number of rotatable bonds is 2. The number of nitrogens with zero attached hydrogens (tertiary/aromatic N) is 3. The average Bonchev–Trinajstić information content (AvgIpc) is 3.00. The van der Waals surface area contributed by atoms with Crippen LogP contribution in [0.15, 0.2) is 51.6 Å². The van der Waals surface area contributed by atoms with Gasteiger partial charge in [-0.05, 0) is 29.8 Å². The zero-order valence-corrected chi connectivity index (χ0v) is 13.4. The molecule has 0 N–H and O–H groups in total. The van der Waals surface area contributed by atoms with Crippen LogP contribution in [0.2, 0.25) is 0 Å². The second-order valence-electron chi connectivity index (χ2n) is 4.53. The van der Waals surface area contributed by atoms with Gasteiger partial charge in [-0.1, -0.05) is 15.9 Å². The van der Waals surface area contributed by atoms with Crippen LogP contribution in [-0.2, 0) is 0 Å². The molecule has 1 aromatic heterocycles. The minimum Gasteiger partial charge on any atom is -0.328 e. The second-order valence-corrected chi connectivity index (χ2v) is 6.33. The van der Waals surface area contributed by atoms with Gasteiger partial charge in [0.25, 0.3) is 0 Å². The van der Waals surface area contributed by atoms with Crippen molar-refractivity contribution < 1.29 is 13.2 Å². The van der Waals surface area contributed by atoms with Gasteiger partial charge >= 0.3 is 6.18 Å². The number of allylic oxidation sites excluding steroid dienone is 1. The van der Waals surface area contributed by atoms with Crippen LogP contribution in [0.1, 0.15) is 0 Å². The summed E-state index contributed by atoms with van der Waals surface area (Å²) in [4.78, 5) is 10.3. The maximum Gasteiger partial charge on any atom is 0.433 e. The number of hydrogen-bond donors (Lipinski definition) is 0. The summed E-state index contributed by atoms with van der Waals surface area (Å²) in [7, 11) is 0. The smallest absolute Gasteiger partial charge is 0.328 e. The first-order valence-electron chi connectivity index (χ1n) is 6.19. The molecule has 0 radical (unpaired) electrons. The van der Waals surface area contributed by atoms with Gasteiger partial charge in [0.15, 0.2) is 0 Å². The molecule has 0 spiro atoms. The van der Waals surface area contributed by atoms with E-state index in [0.29, 0.717) is 0 Å². The van der Waals surface area contributed by atoms with E-state index in [1.807, 2.05) is 18.2 Å². The molecule has 3 nitrogen and oxygen atoms in total. The maximum absolute atomic E-state index is 12.6. The van der Waals surface area contributed by atoms with E-state index in [2.05, 4.69) is 25.9 Å². The molecule has 2 heterocycles. The zero-order valence-electron chi connectivity index (χ0n) is 11.0. The Morgan fingerprint density at radius 1 is 1.23 bits per heavy atom. The number of aliphatic imine (C=N–C) groups is 1. The Hall–Kier alpha value is -1.67. The standard InChI is InChI=1S/C14H9BrF3N3S/c15-10-3-9(12-6-19-8-22-12)4-11(5-10)21-2-1-13(20-7-21)14(16,17)18/h1-6,8H,7H2. The van der Waals surface area contributed by atoms with Crippen molar-refractivity contribution in [3.05, 3.63) is 46.7 Å². The van der Waals surface area contributed by atoms with E-state index in [1.165, 1.54) is 17.5 Å². The van der Waals surface area contributed by atoms with Gasteiger partial charge in [0.05, 0.1) is 10.4 Å². The van der Waals surface area contributed by atoms with Crippen LogP contribution >= 0.6 is 27.3 Å². The van der Waals surface area contributed by atoms with E-state index >= 15 is 0 Å². The van der Waals surface area contributed by atoms with Gasteiger partial charge in [-0.25, -0.2) is 0 Å². The summed E-state index contributed by atoms with van der Waals surface area (Å²) < 4.78 is 38.6. The lowest BCUT2D eigenvalue weighted by Gasteiger charge is -2.23. The molecule has 22 heavy (non-hydrogen) atoms. The number of hydrogen-bond acceptors (Lipinski definition) is 4. The van der Waals surface area contributed by atoms with Crippen LogP contribution < -0.4 is 4.90 Å². The lowest BCUT2D eigenvalue weighted by atomic mass is 10.1. The first kappa shape index (κ1) is 15.2. The second kappa shape index (κ2) is 5.85. The van der Waals surface area contributed by atoms with Crippen LogP contribution in [0.4, 0.5) is 18.9 Å². The van der Waals surface area contributed by atoms with Crippen LogP contribution in [-0.4, -0.2) is 23.5 Å². The number of aromatic nitrogens is 1. The molecule has 0 bridgehead atoms. The van der Waals surface area contributed by atoms with Gasteiger partial charge < -0.3 is 4.90 Å². The van der Waals surface area contributed by atoms with E-state index in [0.717, 1.165) is 26.7 Å². The van der Waals surface area contributed by atoms with Gasteiger partial charge in [-0.2, -0.15) is 13.2 Å². The number of alkyl halides is 3. The first-order valence-corrected chi connectivity index (χ1v) is 7.87. The van der Waals surface area contributed by atoms with E-state index in [1.54, 1.807) is 16.6 Å². The van der Waals surface area contributed by atoms with Gasteiger partial charge in [0, 0.05) is 22.6 Å². The number of halogens is 4. The van der Waals surface area contributed by atoms with E-state index in [-0.39, 0.29) is 6.67 Å². The van der Waals surface area contributed by atoms with Crippen LogP contribution in [0.25, 0.3) is 10.4 Å². The third-order valence-corrected chi connectivity index (χ3v) is 4.31. The Morgan fingerprint density at radius 3 is 2.64 bits per heavy atom. The van der Waals surface area contributed by atoms with E-state index in [4.69, 9.17) is 0 Å². The summed E-state index contributed by atoms with van der Waals surface area (Å²) >= 11 is 4.93. The molecule has 0 amide bonds. The predicted molar refractivity (Wildman–Crippen MR) is 85.2 cm³/mol. The largest absolute Gasteiger partial charge is 0.433 e. The maximum atomic E-state index is 12.6. The van der Waals surface area contributed by atoms with Gasteiger partial charge in [-0.3, -0.25) is 9.98 Å². The lowest BCUT2D eigenvalue weighted by Crippen LogP contribution is -2.29. The summed E-state index contributed by atoms with van der Waals surface area (Å²) in [5.74, 6) is 0. The summed E-state index contributed by atoms with van der Waals surface area (Å²) in [5.41, 5.74) is 2.59. The fourth-order valence-electron chi connectivity index (χ4n) is 2.01. The van der Waals surface area contributed by atoms with Crippen LogP contribution in [0.3, 0.4) is 0 Å². The van der Waals surface area contributed by atoms with E-state index in [9.17, 15) is 13.2 Å². The Balaban J connectivity index is 1.88. The van der Waals surface area contributed by atoms with Crippen molar-refractivity contribution in [2.24, 2.45) is 4.99 Å². The normalized spacial score (nSPS) is 15.1. The van der Waals surface area contributed by atoms with Crippen molar-refractivity contribution in [2.75, 3.05) is 11.6 Å². The predicted octanol–water partition coefficient (Wildman–Crippen LogP) is 4.87. The first-order chi connectivity index (χ1) is 10.4. The van der Waals surface area contributed by atoms with Crippen molar-refractivity contribution in [3.8, 4) is 10.4 Å². The topological polar surface area (TPSA) is 28.5 Å². The summed E-state index contributed by atoms with van der Waals surface area (Å²) in [6.07, 6.45) is -0.277. The molecule has 114 valence electrons. The molecule has 3 rings (SSSR count). The SMILES string of the molecule is FC(F)(F)C1=NCN(c2cc(Br)cc(-c3cncs3)c2)C=C1. The highest BCUT2D eigenvalue weighted by atomic mass is 79.9. The highest BCUT2D eigenvalue weighted by Crippen LogP contribution is 2.32. The molecule has 0 aliphatic carbocycles. The zero-order chi connectivity index (χ0) is 15.7. The van der Waals surface area contributed by atoms with Gasteiger partial charge in [0.1, 0.15) is 12.4 Å². The van der Waals surface area contributed by atoms with Crippen LogP contribution in [0, 0.1) is 0 Å². The van der Waals surface area contributed by atoms with Crippen molar-refractivity contribution >= 4 is 38.7 Å². The third-order valence-electron chi connectivity index (χ3n) is 3.03. The molecule has 1 aliphatic heterocycles. The molecular weight excluding hydrogens is 379 g/mol. The fraction of sp³-hybridized carbons (Fsp3) is 0.143. The minimum absolute atomic E-state index is 0.0655. The molecule has 0 fully saturated rings. The van der Waals surface area contributed by atoms with Crippen molar-refractivity contribution in [1.29, 1.82) is 0 Å². The Bertz CT molecular complexity index is 738. The number of benzene rings is 1. The summed E-state index contributed by atoms with van der Waals surface area (Å²) in [6.45, 7) is -0.0655. The summed E-state index contributed by atoms with van der Waals surface area (Å²) in [6, 6.07) is 5.68. The lowest BCUT2D eigenvalue weighted by molar-refractivity contribution is -0.0579. The minimum atomic E-state index is -4.41. The Morgan fingerprint density at radius 2 is 2.05 bits per heavy atom. The fourth-order valence-corrected chi connectivity index (χ4v) is 3.10. The molecule has 0 saturated carbocycles. The van der Waals surface area contributed by atoms with Crippen molar-refractivity contribution in [2.45, 2.75) is 6.18 Å². The Kier molecular flexibility index (Phi) is 4.05. The molecule has 1 aliphatic rings. The average molecular weight is 388 g/mol. The molecular formula is C14H9BrF3N3S. The number of thiazole rings is 1. The highest BCUT2D eigenvalue weighted by Gasteiger charge is 2.34. The van der Waals surface area contributed by atoms with Gasteiger partial charge in [-0.15, -0.1) is 11.3 Å². The van der Waals surface area contributed by atoms with Crippen molar-refractivity contribution in [3.63, 3.8) is 0 Å². The van der Waals surface area contributed by atoms with Crippen molar-refractivity contribution in [1.82, 2.24) is 4.98 Å². The molecule has 2 aromatic rings. The molecule has 1 aromatic carbocycles. The molecule has 8 heteroatoms. The summed E-state index contributed by atoms with van der Waals surface area (Å²) in [5, 5.41) is 0. The molecule has 0 atom stereocenters. The highest BCUT2D eigenvalue weighted by molar-refractivity contribution is 9.10. The number of anilines is 1. The Labute approximate surface area is 136 Å². The molecule has 0 saturated heterocycles. The van der Waals surface area contributed by atoms with Gasteiger partial charge in [0.2, 0.25) is 0 Å². The quantitative estimate of drug-likeness (QED) is 0.735.